The van der Waals surface area contributed by atoms with Gasteiger partial charge < -0.3 is 19.2 Å². The standard InChI is InChI=1S/C45H48N4O11S2/c1-22(2)58-44(50)48-40-25(6)19-24(5)39(26(40)7)46-30-15-17-32-35(20-30)60-36-21-31(16-18-33(36)38(32)34-13-11-12-14-37(34)61(52,53)54)47-41-27(8)42(49-45(51)59-23(3)4)29(10)43(28(41)9)62(55,56)57/h11-23,46H,1-10H3,(H,48,50)(H,49,51)(H,52,53,54)(H,55,56,57)/b47-31+. The first-order valence-electron chi connectivity index (χ1n) is 19.5. The Bertz CT molecular complexity index is 3070. The molecule has 2 aliphatic rings. The number of nitrogens with one attached hydrogen (secondary N) is 3. The van der Waals surface area contributed by atoms with Gasteiger partial charge >= 0.3 is 12.2 Å². The highest BCUT2D eigenvalue weighted by molar-refractivity contribution is 7.86. The molecule has 62 heavy (non-hydrogen) atoms. The second-order valence-electron chi connectivity index (χ2n) is 15.5. The molecule has 0 unspecified atom stereocenters. The number of ether oxygens (including phenoxy) is 2. The zero-order chi connectivity index (χ0) is 45.6. The first-order valence-corrected chi connectivity index (χ1v) is 22.4. The van der Waals surface area contributed by atoms with Crippen molar-refractivity contribution in [3.63, 3.8) is 0 Å². The molecule has 6 rings (SSSR count). The Morgan fingerprint density at radius 2 is 1.27 bits per heavy atom. The number of amides is 2. The molecule has 17 heteroatoms. The van der Waals surface area contributed by atoms with Gasteiger partial charge in [0.15, 0.2) is 0 Å². The second-order valence-corrected chi connectivity index (χ2v) is 18.3. The van der Waals surface area contributed by atoms with Gasteiger partial charge in [-0.2, -0.15) is 16.8 Å². The molecule has 4 aromatic rings. The normalized spacial score (nSPS) is 12.3. The van der Waals surface area contributed by atoms with E-state index in [2.05, 4.69) is 16.0 Å². The molecular formula is C45H48N4O11S2. The van der Waals surface area contributed by atoms with Crippen molar-refractivity contribution in [2.24, 2.45) is 4.99 Å². The van der Waals surface area contributed by atoms with Crippen molar-refractivity contribution < 1.29 is 49.4 Å². The lowest BCUT2D eigenvalue weighted by atomic mass is 9.93. The van der Waals surface area contributed by atoms with Crippen LogP contribution in [-0.4, -0.2) is 50.3 Å². The van der Waals surface area contributed by atoms with E-state index < -0.39 is 43.4 Å². The van der Waals surface area contributed by atoms with Gasteiger partial charge in [0.2, 0.25) is 0 Å². The predicted molar refractivity (Wildman–Crippen MR) is 238 cm³/mol. The van der Waals surface area contributed by atoms with Gasteiger partial charge in [-0.15, -0.1) is 0 Å². The maximum atomic E-state index is 12.8. The van der Waals surface area contributed by atoms with Crippen molar-refractivity contribution >= 4 is 71.8 Å². The van der Waals surface area contributed by atoms with E-state index in [9.17, 15) is 35.5 Å². The average molecular weight is 885 g/mol. The Balaban J connectivity index is 1.59. The monoisotopic (exact) mass is 884 g/mol. The van der Waals surface area contributed by atoms with E-state index in [4.69, 9.17) is 18.9 Å². The molecule has 15 nitrogen and oxygen atoms in total. The number of fused-ring (bicyclic) bond motifs is 2. The Kier molecular flexibility index (Phi) is 12.6. The van der Waals surface area contributed by atoms with Crippen LogP contribution in [0.5, 0.6) is 0 Å². The smallest absolute Gasteiger partial charge is 0.411 e. The van der Waals surface area contributed by atoms with Crippen LogP contribution in [0.15, 0.2) is 85.9 Å². The van der Waals surface area contributed by atoms with E-state index >= 15 is 0 Å². The summed E-state index contributed by atoms with van der Waals surface area (Å²) in [7, 11) is -9.51. The lowest BCUT2D eigenvalue weighted by Gasteiger charge is -2.21. The van der Waals surface area contributed by atoms with Crippen molar-refractivity contribution in [2.75, 3.05) is 16.0 Å². The maximum absolute atomic E-state index is 12.8. The van der Waals surface area contributed by atoms with Crippen LogP contribution >= 0.6 is 0 Å². The van der Waals surface area contributed by atoms with E-state index in [-0.39, 0.29) is 50.2 Å². The van der Waals surface area contributed by atoms with Crippen LogP contribution in [0.3, 0.4) is 0 Å². The van der Waals surface area contributed by atoms with Gasteiger partial charge in [-0.1, -0.05) is 24.3 Å². The maximum Gasteiger partial charge on any atom is 0.411 e. The number of benzene rings is 5. The van der Waals surface area contributed by atoms with Crippen molar-refractivity contribution in [1.82, 2.24) is 0 Å². The SMILES string of the molecule is Cc1cc(C)c(Nc2ccc3c(-c4ccccc4S(=O)(=O)O)c4cc/c(=N\c5c(C)c(NC(=O)OC(C)C)c(C)c(S(=O)(=O)O)c5C)cc-4oc3c2)c(C)c1NC(=O)OC(C)C. The highest BCUT2D eigenvalue weighted by Gasteiger charge is 2.27. The van der Waals surface area contributed by atoms with E-state index in [0.717, 1.165) is 16.7 Å². The van der Waals surface area contributed by atoms with Gasteiger partial charge in [-0.05, 0) is 133 Å². The third-order valence-corrected chi connectivity index (χ3v) is 12.2. The molecule has 326 valence electrons. The summed E-state index contributed by atoms with van der Waals surface area (Å²) in [6.07, 6.45) is -2.21. The van der Waals surface area contributed by atoms with Crippen molar-refractivity contribution in [2.45, 2.75) is 91.2 Å². The summed E-state index contributed by atoms with van der Waals surface area (Å²) >= 11 is 0. The van der Waals surface area contributed by atoms with Crippen LogP contribution < -0.4 is 21.3 Å². The number of rotatable bonds is 10. The number of anilines is 4. The lowest BCUT2D eigenvalue weighted by molar-refractivity contribution is 0.129. The summed E-state index contributed by atoms with van der Waals surface area (Å²) in [4.78, 5) is 29.4. The third-order valence-electron chi connectivity index (χ3n) is 10.2. The summed E-state index contributed by atoms with van der Waals surface area (Å²) in [5, 5.41) is 9.69. The number of carbonyl (C=O) groups is 2. The van der Waals surface area contributed by atoms with Gasteiger partial charge in [0.25, 0.3) is 20.2 Å². The van der Waals surface area contributed by atoms with Gasteiger partial charge in [0, 0.05) is 45.6 Å². The summed E-state index contributed by atoms with van der Waals surface area (Å²) in [5.41, 5.74) is 6.59. The lowest BCUT2D eigenvalue weighted by Crippen LogP contribution is -2.20. The Morgan fingerprint density at radius 3 is 1.89 bits per heavy atom. The van der Waals surface area contributed by atoms with Crippen LogP contribution in [0.1, 0.15) is 61.1 Å². The molecule has 0 spiro atoms. The van der Waals surface area contributed by atoms with E-state index in [0.29, 0.717) is 44.7 Å². The highest BCUT2D eigenvalue weighted by Crippen LogP contribution is 2.44. The van der Waals surface area contributed by atoms with Crippen LogP contribution in [0, 0.1) is 41.5 Å². The molecule has 5 N–H and O–H groups in total. The summed E-state index contributed by atoms with van der Waals surface area (Å²) in [6, 6.07) is 18.1. The largest absolute Gasteiger partial charge is 0.456 e. The molecule has 1 heterocycles. The second kappa shape index (κ2) is 17.2. The number of nitrogens with zero attached hydrogens (tertiary/aromatic N) is 1. The molecule has 0 atom stereocenters. The molecule has 0 radical (unpaired) electrons. The molecular weight excluding hydrogens is 837 g/mol. The molecule has 4 aromatic carbocycles. The molecule has 1 aliphatic heterocycles. The van der Waals surface area contributed by atoms with Crippen molar-refractivity contribution in [3.8, 4) is 22.5 Å². The summed E-state index contributed by atoms with van der Waals surface area (Å²) in [5.74, 6) is 0.241. The molecule has 0 saturated carbocycles. The number of aryl methyl sites for hydroxylation is 2. The van der Waals surface area contributed by atoms with Gasteiger partial charge in [-0.25, -0.2) is 14.6 Å². The highest BCUT2D eigenvalue weighted by atomic mass is 32.2. The third kappa shape index (κ3) is 9.30. The van der Waals surface area contributed by atoms with Crippen LogP contribution in [0.2, 0.25) is 0 Å². The van der Waals surface area contributed by atoms with Gasteiger partial charge in [-0.3, -0.25) is 19.7 Å². The first kappa shape index (κ1) is 45.3. The Morgan fingerprint density at radius 1 is 0.661 bits per heavy atom. The van der Waals surface area contributed by atoms with E-state index in [1.54, 1.807) is 83.1 Å². The Labute approximate surface area is 360 Å². The summed E-state index contributed by atoms with van der Waals surface area (Å²) < 4.78 is 88.8. The van der Waals surface area contributed by atoms with Crippen molar-refractivity contribution in [3.05, 3.63) is 105 Å². The van der Waals surface area contributed by atoms with Gasteiger partial charge in [0.1, 0.15) is 21.1 Å². The van der Waals surface area contributed by atoms with Crippen LogP contribution in [-0.2, 0) is 29.7 Å². The quantitative estimate of drug-likeness (QED) is 0.0640. The molecule has 0 fully saturated rings. The number of hydrogen-bond acceptors (Lipinski definition) is 11. The molecule has 0 saturated heterocycles. The fourth-order valence-electron chi connectivity index (χ4n) is 7.67. The topological polar surface area (TPSA) is 223 Å². The van der Waals surface area contributed by atoms with Gasteiger partial charge in [0.05, 0.1) is 34.6 Å². The predicted octanol–water partition coefficient (Wildman–Crippen LogP) is 10.4. The minimum absolute atomic E-state index is 0.0886. The summed E-state index contributed by atoms with van der Waals surface area (Å²) in [6.45, 7) is 17.1. The first-order chi connectivity index (χ1) is 29.0. The van der Waals surface area contributed by atoms with E-state index in [1.165, 1.54) is 26.0 Å². The minimum atomic E-state index is -4.81. The average Bonchev–Trinajstić information content (AvgIpc) is 3.16. The fraction of sp³-hybridized carbons (Fsp3) is 0.267. The van der Waals surface area contributed by atoms with Crippen LogP contribution in [0.4, 0.5) is 38.0 Å². The number of hydrogen-bond donors (Lipinski definition) is 5. The van der Waals surface area contributed by atoms with Crippen LogP contribution in [0.25, 0.3) is 33.4 Å². The number of carbonyl (C=O) groups excluding carboxylic acids is 2. The molecule has 2 amide bonds. The Hall–Kier alpha value is -6.27. The molecule has 1 aliphatic carbocycles. The van der Waals surface area contributed by atoms with Crippen molar-refractivity contribution in [1.29, 1.82) is 0 Å². The molecule has 0 bridgehead atoms. The molecule has 0 aromatic heterocycles. The minimum Gasteiger partial charge on any atom is -0.456 e. The zero-order valence-corrected chi connectivity index (χ0v) is 37.5. The zero-order valence-electron chi connectivity index (χ0n) is 35.8. The fourth-order valence-corrected chi connectivity index (χ4v) is 9.35. The van der Waals surface area contributed by atoms with E-state index in [1.807, 2.05) is 26.8 Å².